The van der Waals surface area contributed by atoms with Crippen LogP contribution in [-0.2, 0) is 4.79 Å². The van der Waals surface area contributed by atoms with E-state index in [0.29, 0.717) is 29.8 Å². The Balaban J connectivity index is 0.00000243. The van der Waals surface area contributed by atoms with Crippen LogP contribution < -0.4 is 10.6 Å². The fourth-order valence-electron chi connectivity index (χ4n) is 3.29. The van der Waals surface area contributed by atoms with E-state index in [2.05, 4.69) is 33.1 Å². The number of piperidine rings is 1. The van der Waals surface area contributed by atoms with Gasteiger partial charge in [-0.3, -0.25) is 4.79 Å². The van der Waals surface area contributed by atoms with E-state index < -0.39 is 5.82 Å². The summed E-state index contributed by atoms with van der Waals surface area (Å²) < 4.78 is 15.4. The first-order chi connectivity index (χ1) is 12.0. The number of carbonyl (C=O) groups excluding carboxylic acids is 1. The Morgan fingerprint density at radius 2 is 2.15 bits per heavy atom. The lowest BCUT2D eigenvalue weighted by atomic mass is 9.84. The van der Waals surface area contributed by atoms with Crippen molar-refractivity contribution < 1.29 is 9.18 Å². The zero-order valence-corrected chi connectivity index (χ0v) is 15.7. The van der Waals surface area contributed by atoms with Gasteiger partial charge in [0.25, 0.3) is 0 Å². The molecule has 1 atom stereocenters. The highest BCUT2D eigenvalue weighted by molar-refractivity contribution is 5.91. The van der Waals surface area contributed by atoms with Crippen molar-refractivity contribution in [2.45, 2.75) is 33.1 Å². The Labute approximate surface area is 158 Å². The SMILES string of the molecule is Cc1nnnn1-c1cc(NC(=O)CC(C)C2CCNCC2)ccc1F.Cl. The standard InChI is InChI=1S/C17H23FN6O.ClH/c1-11(13-5-7-19-8-6-13)9-17(25)20-14-3-4-15(18)16(10-14)24-12(2)21-22-23-24;/h3-4,10-11,13,19H,5-9H2,1-2H3,(H,20,25);1H. The third kappa shape index (κ3) is 4.76. The molecule has 1 aromatic carbocycles. The van der Waals surface area contributed by atoms with Gasteiger partial charge in [-0.1, -0.05) is 6.92 Å². The van der Waals surface area contributed by atoms with E-state index in [-0.39, 0.29) is 24.0 Å². The van der Waals surface area contributed by atoms with Crippen molar-refractivity contribution in [2.75, 3.05) is 18.4 Å². The number of rotatable bonds is 5. The van der Waals surface area contributed by atoms with E-state index >= 15 is 0 Å². The van der Waals surface area contributed by atoms with E-state index in [1.807, 2.05) is 0 Å². The number of carbonyl (C=O) groups is 1. The monoisotopic (exact) mass is 382 g/mol. The summed E-state index contributed by atoms with van der Waals surface area (Å²) in [5.41, 5.74) is 0.750. The molecule has 1 fully saturated rings. The lowest BCUT2D eigenvalue weighted by molar-refractivity contribution is -0.117. The molecule has 1 unspecified atom stereocenters. The molecule has 0 bridgehead atoms. The van der Waals surface area contributed by atoms with Crippen molar-refractivity contribution in [1.29, 1.82) is 0 Å². The van der Waals surface area contributed by atoms with E-state index in [9.17, 15) is 9.18 Å². The topological polar surface area (TPSA) is 84.7 Å². The third-order valence-corrected chi connectivity index (χ3v) is 4.78. The summed E-state index contributed by atoms with van der Waals surface area (Å²) in [4.78, 5) is 12.3. The summed E-state index contributed by atoms with van der Waals surface area (Å²) in [5.74, 6) is 0.860. The average molecular weight is 383 g/mol. The van der Waals surface area contributed by atoms with Gasteiger partial charge in [-0.25, -0.2) is 4.39 Å². The summed E-state index contributed by atoms with van der Waals surface area (Å²) >= 11 is 0. The highest BCUT2D eigenvalue weighted by Gasteiger charge is 2.22. The van der Waals surface area contributed by atoms with Gasteiger partial charge in [-0.05, 0) is 73.3 Å². The molecule has 1 saturated heterocycles. The van der Waals surface area contributed by atoms with Crippen LogP contribution in [-0.4, -0.2) is 39.2 Å². The molecule has 3 rings (SSSR count). The second kappa shape index (κ2) is 9.05. The smallest absolute Gasteiger partial charge is 0.224 e. The minimum absolute atomic E-state index is 0. The molecule has 2 aromatic rings. The van der Waals surface area contributed by atoms with Gasteiger partial charge in [0.2, 0.25) is 5.91 Å². The van der Waals surface area contributed by atoms with Crippen molar-refractivity contribution >= 4 is 24.0 Å². The van der Waals surface area contributed by atoms with Crippen LogP contribution in [0.3, 0.4) is 0 Å². The Morgan fingerprint density at radius 1 is 1.42 bits per heavy atom. The zero-order chi connectivity index (χ0) is 17.8. The van der Waals surface area contributed by atoms with Gasteiger partial charge >= 0.3 is 0 Å². The molecule has 1 amide bonds. The van der Waals surface area contributed by atoms with Gasteiger partial charge in [0, 0.05) is 12.1 Å². The molecule has 26 heavy (non-hydrogen) atoms. The fourth-order valence-corrected chi connectivity index (χ4v) is 3.29. The van der Waals surface area contributed by atoms with Crippen molar-refractivity contribution in [1.82, 2.24) is 25.5 Å². The van der Waals surface area contributed by atoms with Crippen LogP contribution in [0.4, 0.5) is 10.1 Å². The maximum atomic E-state index is 14.1. The summed E-state index contributed by atoms with van der Waals surface area (Å²) in [6, 6.07) is 4.40. The first-order valence-corrected chi connectivity index (χ1v) is 8.60. The normalized spacial score (nSPS) is 16.0. The number of hydrogen-bond donors (Lipinski definition) is 2. The maximum absolute atomic E-state index is 14.1. The quantitative estimate of drug-likeness (QED) is 0.829. The highest BCUT2D eigenvalue weighted by Crippen LogP contribution is 2.25. The fraction of sp³-hybridized carbons (Fsp3) is 0.529. The van der Waals surface area contributed by atoms with Gasteiger partial charge in [0.15, 0.2) is 5.82 Å². The van der Waals surface area contributed by atoms with Crippen molar-refractivity contribution in [2.24, 2.45) is 11.8 Å². The Morgan fingerprint density at radius 3 is 2.81 bits per heavy atom. The lowest BCUT2D eigenvalue weighted by Gasteiger charge is -2.27. The molecule has 1 aromatic heterocycles. The number of tetrazole rings is 1. The summed E-state index contributed by atoms with van der Waals surface area (Å²) in [6.45, 7) is 5.84. The average Bonchev–Trinajstić information content (AvgIpc) is 3.03. The lowest BCUT2D eigenvalue weighted by Crippen LogP contribution is -2.32. The number of benzene rings is 1. The Hall–Kier alpha value is -2.06. The first kappa shape index (κ1) is 20.3. The number of aromatic nitrogens is 4. The molecule has 0 saturated carbocycles. The van der Waals surface area contributed by atoms with E-state index in [1.165, 1.54) is 10.7 Å². The van der Waals surface area contributed by atoms with Crippen molar-refractivity contribution in [3.8, 4) is 5.69 Å². The number of nitrogens with one attached hydrogen (secondary N) is 2. The largest absolute Gasteiger partial charge is 0.326 e. The van der Waals surface area contributed by atoms with E-state index in [4.69, 9.17) is 0 Å². The number of amides is 1. The van der Waals surface area contributed by atoms with Crippen LogP contribution in [0.25, 0.3) is 5.69 Å². The molecule has 2 heterocycles. The van der Waals surface area contributed by atoms with Crippen LogP contribution in [0.2, 0.25) is 0 Å². The van der Waals surface area contributed by atoms with Crippen LogP contribution in [0.5, 0.6) is 0 Å². The van der Waals surface area contributed by atoms with E-state index in [1.54, 1.807) is 19.1 Å². The van der Waals surface area contributed by atoms with Gasteiger partial charge in [0.1, 0.15) is 11.5 Å². The maximum Gasteiger partial charge on any atom is 0.224 e. The predicted octanol–water partition coefficient (Wildman–Crippen LogP) is 2.50. The Kier molecular flexibility index (Phi) is 7.05. The molecular formula is C17H24ClFN6O. The molecule has 0 spiro atoms. The van der Waals surface area contributed by atoms with Gasteiger partial charge in [-0.15, -0.1) is 17.5 Å². The third-order valence-electron chi connectivity index (χ3n) is 4.78. The molecule has 1 aliphatic rings. The Bertz CT molecular complexity index is 747. The zero-order valence-electron chi connectivity index (χ0n) is 14.9. The molecule has 1 aliphatic heterocycles. The second-order valence-electron chi connectivity index (χ2n) is 6.62. The molecule has 2 N–H and O–H groups in total. The summed E-state index contributed by atoms with van der Waals surface area (Å²) in [6.07, 6.45) is 2.67. The van der Waals surface area contributed by atoms with Gasteiger partial charge in [-0.2, -0.15) is 4.68 Å². The van der Waals surface area contributed by atoms with E-state index in [0.717, 1.165) is 25.9 Å². The summed E-state index contributed by atoms with van der Waals surface area (Å²) in [7, 11) is 0. The van der Waals surface area contributed by atoms with Gasteiger partial charge < -0.3 is 10.6 Å². The number of hydrogen-bond acceptors (Lipinski definition) is 5. The van der Waals surface area contributed by atoms with Crippen molar-refractivity contribution in [3.63, 3.8) is 0 Å². The first-order valence-electron chi connectivity index (χ1n) is 8.60. The summed E-state index contributed by atoms with van der Waals surface area (Å²) in [5, 5.41) is 17.3. The van der Waals surface area contributed by atoms with Crippen LogP contribution in [0.1, 0.15) is 32.0 Å². The minimum Gasteiger partial charge on any atom is -0.326 e. The molecule has 0 radical (unpaired) electrons. The molecule has 9 heteroatoms. The molecule has 7 nitrogen and oxygen atoms in total. The number of anilines is 1. The van der Waals surface area contributed by atoms with Crippen molar-refractivity contribution in [3.05, 3.63) is 29.8 Å². The van der Waals surface area contributed by atoms with Crippen LogP contribution in [0.15, 0.2) is 18.2 Å². The number of halogens is 2. The molecule has 142 valence electrons. The molecule has 0 aliphatic carbocycles. The second-order valence-corrected chi connectivity index (χ2v) is 6.62. The highest BCUT2D eigenvalue weighted by atomic mass is 35.5. The predicted molar refractivity (Wildman–Crippen MR) is 99.1 cm³/mol. The number of aryl methyl sites for hydroxylation is 1. The number of nitrogens with zero attached hydrogens (tertiary/aromatic N) is 4. The minimum atomic E-state index is -0.448. The molecular weight excluding hydrogens is 359 g/mol. The van der Waals surface area contributed by atoms with Gasteiger partial charge in [0.05, 0.1) is 0 Å². The van der Waals surface area contributed by atoms with Crippen LogP contribution in [0, 0.1) is 24.6 Å². The van der Waals surface area contributed by atoms with Crippen LogP contribution >= 0.6 is 12.4 Å².